The first-order valence-corrected chi connectivity index (χ1v) is 7.11. The van der Waals surface area contributed by atoms with E-state index in [0.29, 0.717) is 9.88 Å². The fourth-order valence-electron chi connectivity index (χ4n) is 1.82. The summed E-state index contributed by atoms with van der Waals surface area (Å²) in [6.45, 7) is 5.37. The number of hydrogen-bond acceptors (Lipinski definition) is 5. The third-order valence-corrected chi connectivity index (χ3v) is 3.98. The number of ether oxygens (including phenoxy) is 1. The Hall–Kier alpha value is -2.01. The Bertz CT molecular complexity index is 661. The molecule has 0 aliphatic carbocycles. The lowest BCUT2D eigenvalue weighted by Gasteiger charge is -2.00. The first-order chi connectivity index (χ1) is 9.54. The fourth-order valence-corrected chi connectivity index (χ4v) is 2.86. The topological polar surface area (TPSA) is 56.3 Å². The van der Waals surface area contributed by atoms with Crippen molar-refractivity contribution in [2.75, 3.05) is 6.61 Å². The molecule has 20 heavy (non-hydrogen) atoms. The molecule has 2 rings (SSSR count). The highest BCUT2D eigenvalue weighted by atomic mass is 32.1. The Morgan fingerprint density at radius 1 is 1.30 bits per heavy atom. The van der Waals surface area contributed by atoms with Gasteiger partial charge in [-0.3, -0.25) is 4.79 Å². The summed E-state index contributed by atoms with van der Waals surface area (Å²) in [6, 6.07) is 7.73. The van der Waals surface area contributed by atoms with Crippen LogP contribution in [0, 0.1) is 6.92 Å². The van der Waals surface area contributed by atoms with Crippen LogP contribution >= 0.6 is 11.3 Å². The maximum atomic E-state index is 11.9. The van der Waals surface area contributed by atoms with Gasteiger partial charge in [-0.2, -0.15) is 0 Å². The third kappa shape index (κ3) is 2.77. The number of ketones is 1. The molecular formula is C15H15NO3S. The Kier molecular flexibility index (Phi) is 4.29. The van der Waals surface area contributed by atoms with Crippen LogP contribution in [0.5, 0.6) is 0 Å². The summed E-state index contributed by atoms with van der Waals surface area (Å²) in [5.41, 5.74) is 2.09. The second-order valence-corrected chi connectivity index (χ2v) is 5.29. The van der Waals surface area contributed by atoms with E-state index in [4.69, 9.17) is 4.74 Å². The zero-order valence-electron chi connectivity index (χ0n) is 11.6. The van der Waals surface area contributed by atoms with E-state index in [1.165, 1.54) is 18.3 Å². The first-order valence-electron chi connectivity index (χ1n) is 6.29. The van der Waals surface area contributed by atoms with Gasteiger partial charge in [-0.25, -0.2) is 9.78 Å². The van der Waals surface area contributed by atoms with E-state index in [1.807, 2.05) is 31.2 Å². The molecule has 104 valence electrons. The Morgan fingerprint density at radius 3 is 2.60 bits per heavy atom. The molecule has 4 nitrogen and oxygen atoms in total. The van der Waals surface area contributed by atoms with E-state index in [0.717, 1.165) is 11.1 Å². The predicted molar refractivity (Wildman–Crippen MR) is 78.2 cm³/mol. The van der Waals surface area contributed by atoms with Gasteiger partial charge in [0.2, 0.25) is 0 Å². The molecule has 0 aliphatic rings. The molecule has 0 bridgehead atoms. The van der Waals surface area contributed by atoms with Crippen molar-refractivity contribution in [2.45, 2.75) is 20.8 Å². The van der Waals surface area contributed by atoms with Gasteiger partial charge in [-0.1, -0.05) is 24.3 Å². The van der Waals surface area contributed by atoms with Crippen molar-refractivity contribution >= 4 is 23.1 Å². The number of rotatable bonds is 4. The summed E-state index contributed by atoms with van der Waals surface area (Å²) < 4.78 is 4.95. The molecule has 2 aromatic rings. The number of Topliss-reactive ketones (excluding diaryl/α,β-unsaturated/α-hetero) is 1. The van der Waals surface area contributed by atoms with Crippen molar-refractivity contribution < 1.29 is 14.3 Å². The molecule has 1 heterocycles. The number of nitrogens with zero attached hydrogens (tertiary/aromatic N) is 1. The average Bonchev–Trinajstić information content (AvgIpc) is 2.84. The largest absolute Gasteiger partial charge is 0.461 e. The minimum absolute atomic E-state index is 0.114. The molecule has 0 amide bonds. The highest BCUT2D eigenvalue weighted by Crippen LogP contribution is 2.30. The SMILES string of the molecule is CCOC(=O)c1nc(-c2ccccc2C)sc1C(C)=O. The highest BCUT2D eigenvalue weighted by Gasteiger charge is 2.23. The molecule has 0 radical (unpaired) electrons. The Balaban J connectivity index is 2.53. The lowest BCUT2D eigenvalue weighted by atomic mass is 10.1. The van der Waals surface area contributed by atoms with Crippen molar-refractivity contribution in [3.8, 4) is 10.6 Å². The summed E-state index contributed by atoms with van der Waals surface area (Å²) in [7, 11) is 0. The molecule has 0 atom stereocenters. The molecule has 0 spiro atoms. The number of thiazole rings is 1. The molecule has 0 fully saturated rings. The number of benzene rings is 1. The van der Waals surface area contributed by atoms with Crippen LogP contribution in [-0.4, -0.2) is 23.3 Å². The number of aromatic nitrogens is 1. The van der Waals surface area contributed by atoms with E-state index < -0.39 is 5.97 Å². The van der Waals surface area contributed by atoms with Gasteiger partial charge >= 0.3 is 5.97 Å². The van der Waals surface area contributed by atoms with E-state index >= 15 is 0 Å². The van der Waals surface area contributed by atoms with Crippen molar-refractivity contribution in [3.63, 3.8) is 0 Å². The summed E-state index contributed by atoms with van der Waals surface area (Å²) in [4.78, 5) is 28.2. The number of carbonyl (C=O) groups is 2. The molecule has 0 aliphatic heterocycles. The smallest absolute Gasteiger partial charge is 0.358 e. The van der Waals surface area contributed by atoms with Crippen LogP contribution in [0.15, 0.2) is 24.3 Å². The van der Waals surface area contributed by atoms with Crippen LogP contribution in [0.4, 0.5) is 0 Å². The van der Waals surface area contributed by atoms with Gasteiger partial charge in [0.15, 0.2) is 11.5 Å². The van der Waals surface area contributed by atoms with Crippen LogP contribution in [0.25, 0.3) is 10.6 Å². The van der Waals surface area contributed by atoms with E-state index in [9.17, 15) is 9.59 Å². The summed E-state index contributed by atoms with van der Waals surface area (Å²) in [6.07, 6.45) is 0. The van der Waals surface area contributed by atoms with Gasteiger partial charge in [0.1, 0.15) is 9.88 Å². The minimum atomic E-state index is -0.547. The molecule has 0 unspecified atom stereocenters. The second kappa shape index (κ2) is 5.96. The molecule has 5 heteroatoms. The van der Waals surface area contributed by atoms with Crippen LogP contribution in [0.2, 0.25) is 0 Å². The van der Waals surface area contributed by atoms with Crippen LogP contribution < -0.4 is 0 Å². The first kappa shape index (κ1) is 14.4. The molecule has 0 saturated carbocycles. The predicted octanol–water partition coefficient (Wildman–Crippen LogP) is 3.50. The van der Waals surface area contributed by atoms with Gasteiger partial charge in [0.25, 0.3) is 0 Å². The summed E-state index contributed by atoms with van der Waals surface area (Å²) in [5, 5.41) is 0.663. The van der Waals surface area contributed by atoms with Crippen molar-refractivity contribution in [2.24, 2.45) is 0 Å². The molecule has 1 aromatic heterocycles. The zero-order chi connectivity index (χ0) is 14.7. The lowest BCUT2D eigenvalue weighted by molar-refractivity contribution is 0.0517. The number of hydrogen-bond donors (Lipinski definition) is 0. The lowest BCUT2D eigenvalue weighted by Crippen LogP contribution is -2.09. The van der Waals surface area contributed by atoms with E-state index in [1.54, 1.807) is 6.92 Å². The second-order valence-electron chi connectivity index (χ2n) is 4.29. The monoisotopic (exact) mass is 289 g/mol. The van der Waals surface area contributed by atoms with Crippen LogP contribution in [0.3, 0.4) is 0 Å². The van der Waals surface area contributed by atoms with Gasteiger partial charge in [0.05, 0.1) is 6.61 Å². The van der Waals surface area contributed by atoms with Crippen LogP contribution in [-0.2, 0) is 4.74 Å². The third-order valence-electron chi connectivity index (χ3n) is 2.79. The van der Waals surface area contributed by atoms with E-state index in [2.05, 4.69) is 4.98 Å². The van der Waals surface area contributed by atoms with Gasteiger partial charge in [0, 0.05) is 12.5 Å². The van der Waals surface area contributed by atoms with Gasteiger partial charge in [-0.05, 0) is 19.4 Å². The molecule has 0 N–H and O–H groups in total. The van der Waals surface area contributed by atoms with Gasteiger partial charge < -0.3 is 4.74 Å². The van der Waals surface area contributed by atoms with Gasteiger partial charge in [-0.15, -0.1) is 11.3 Å². The normalized spacial score (nSPS) is 10.3. The highest BCUT2D eigenvalue weighted by molar-refractivity contribution is 7.17. The average molecular weight is 289 g/mol. The summed E-state index contributed by atoms with van der Waals surface area (Å²) >= 11 is 1.23. The van der Waals surface area contributed by atoms with E-state index in [-0.39, 0.29) is 18.1 Å². The fraction of sp³-hybridized carbons (Fsp3) is 0.267. The Morgan fingerprint density at radius 2 is 2.00 bits per heavy atom. The standard InChI is InChI=1S/C15H15NO3S/c1-4-19-15(18)12-13(10(3)17)20-14(16-12)11-8-6-5-7-9(11)2/h5-8H,4H2,1-3H3. The number of esters is 1. The maximum Gasteiger partial charge on any atom is 0.358 e. The van der Waals surface area contributed by atoms with Crippen LogP contribution in [0.1, 0.15) is 39.6 Å². The Labute approximate surface area is 121 Å². The van der Waals surface area contributed by atoms with Crippen molar-refractivity contribution in [3.05, 3.63) is 40.4 Å². The van der Waals surface area contributed by atoms with Crippen molar-refractivity contribution in [1.29, 1.82) is 0 Å². The number of carbonyl (C=O) groups excluding carboxylic acids is 2. The minimum Gasteiger partial charge on any atom is -0.461 e. The quantitative estimate of drug-likeness (QED) is 0.638. The maximum absolute atomic E-state index is 11.9. The van der Waals surface area contributed by atoms with Crippen molar-refractivity contribution in [1.82, 2.24) is 4.98 Å². The molecular weight excluding hydrogens is 274 g/mol. The summed E-state index contributed by atoms with van der Waals surface area (Å²) in [5.74, 6) is -0.723. The number of aryl methyl sites for hydroxylation is 1. The molecule has 0 saturated heterocycles. The zero-order valence-corrected chi connectivity index (χ0v) is 12.4. The molecule has 1 aromatic carbocycles.